The van der Waals surface area contributed by atoms with Crippen molar-refractivity contribution in [1.82, 2.24) is 20.2 Å². The molecule has 11 heteroatoms. The molecule has 0 saturated heterocycles. The standard InChI is InChI=1S/C20H32N4O7/c1-12(16(26)29-8)22-15(25)14(23-17(27)30-19(2,3)4)9-13-10-24(11-21-13)18(28)31-20(5,6)7/h10-12,14H,9H2,1-8H3,(H,22,25)(H,23,27). The first-order valence-corrected chi connectivity index (χ1v) is 9.75. The maximum atomic E-state index is 12.7. The Bertz CT molecular complexity index is 805. The highest BCUT2D eigenvalue weighted by Gasteiger charge is 2.28. The number of hydrogen-bond acceptors (Lipinski definition) is 8. The van der Waals surface area contributed by atoms with Crippen LogP contribution in [-0.2, 0) is 30.2 Å². The van der Waals surface area contributed by atoms with Crippen LogP contribution in [0.3, 0.4) is 0 Å². The summed E-state index contributed by atoms with van der Waals surface area (Å²) in [5, 5.41) is 4.94. The number of alkyl carbamates (subject to hydrolysis) is 1. The summed E-state index contributed by atoms with van der Waals surface area (Å²) < 4.78 is 16.2. The smallest absolute Gasteiger partial charge is 0.419 e. The van der Waals surface area contributed by atoms with Gasteiger partial charge in [0.25, 0.3) is 0 Å². The van der Waals surface area contributed by atoms with Crippen molar-refractivity contribution in [2.45, 2.75) is 78.2 Å². The molecule has 0 aliphatic carbocycles. The Morgan fingerprint density at radius 2 is 1.61 bits per heavy atom. The molecular formula is C20H32N4O7. The second-order valence-electron chi connectivity index (χ2n) is 8.91. The molecule has 2 unspecified atom stereocenters. The van der Waals surface area contributed by atoms with Gasteiger partial charge >= 0.3 is 18.2 Å². The Morgan fingerprint density at radius 3 is 2.13 bits per heavy atom. The number of nitrogens with zero attached hydrogens (tertiary/aromatic N) is 2. The third-order valence-electron chi connectivity index (χ3n) is 3.57. The number of amides is 2. The quantitative estimate of drug-likeness (QED) is 0.504. The lowest BCUT2D eigenvalue weighted by atomic mass is 10.1. The molecule has 0 spiro atoms. The number of carbonyl (C=O) groups excluding carboxylic acids is 4. The summed E-state index contributed by atoms with van der Waals surface area (Å²) in [6.07, 6.45) is 1.14. The fourth-order valence-corrected chi connectivity index (χ4v) is 2.30. The van der Waals surface area contributed by atoms with E-state index >= 15 is 0 Å². The van der Waals surface area contributed by atoms with E-state index in [-0.39, 0.29) is 6.42 Å². The van der Waals surface area contributed by atoms with E-state index in [2.05, 4.69) is 20.4 Å². The van der Waals surface area contributed by atoms with Gasteiger partial charge in [0.05, 0.1) is 12.8 Å². The minimum atomic E-state index is -1.12. The molecule has 0 aliphatic rings. The van der Waals surface area contributed by atoms with Crippen molar-refractivity contribution in [3.63, 3.8) is 0 Å². The van der Waals surface area contributed by atoms with Crippen LogP contribution in [0.25, 0.3) is 0 Å². The van der Waals surface area contributed by atoms with Gasteiger partial charge in [0, 0.05) is 12.6 Å². The van der Waals surface area contributed by atoms with Crippen LogP contribution < -0.4 is 10.6 Å². The normalized spacial score (nSPS) is 13.5. The zero-order valence-corrected chi connectivity index (χ0v) is 19.3. The number of rotatable bonds is 6. The lowest BCUT2D eigenvalue weighted by Crippen LogP contribution is -2.52. The Kier molecular flexibility index (Phi) is 8.59. The molecule has 2 atom stereocenters. The van der Waals surface area contributed by atoms with E-state index in [1.54, 1.807) is 41.5 Å². The minimum Gasteiger partial charge on any atom is -0.467 e. The SMILES string of the molecule is COC(=O)C(C)NC(=O)C(Cc1cn(C(=O)OC(C)(C)C)cn1)NC(=O)OC(C)(C)C. The van der Waals surface area contributed by atoms with Crippen molar-refractivity contribution in [3.05, 3.63) is 18.2 Å². The fraction of sp³-hybridized carbons (Fsp3) is 0.650. The molecule has 0 bridgehead atoms. The second kappa shape index (κ2) is 10.3. The van der Waals surface area contributed by atoms with Crippen molar-refractivity contribution < 1.29 is 33.4 Å². The molecular weight excluding hydrogens is 408 g/mol. The fourth-order valence-electron chi connectivity index (χ4n) is 2.30. The van der Waals surface area contributed by atoms with E-state index in [1.165, 1.54) is 26.6 Å². The number of carbonyl (C=O) groups is 4. The highest BCUT2D eigenvalue weighted by atomic mass is 16.6. The van der Waals surface area contributed by atoms with Gasteiger partial charge in [0.15, 0.2) is 0 Å². The van der Waals surface area contributed by atoms with Crippen LogP contribution in [-0.4, -0.2) is 64.0 Å². The summed E-state index contributed by atoms with van der Waals surface area (Å²) in [5.74, 6) is -1.28. The Hall–Kier alpha value is -3.11. The van der Waals surface area contributed by atoms with E-state index in [0.717, 1.165) is 4.57 Å². The molecule has 31 heavy (non-hydrogen) atoms. The van der Waals surface area contributed by atoms with E-state index in [9.17, 15) is 19.2 Å². The Morgan fingerprint density at radius 1 is 1.03 bits per heavy atom. The van der Waals surface area contributed by atoms with Crippen molar-refractivity contribution in [1.29, 1.82) is 0 Å². The third-order valence-corrected chi connectivity index (χ3v) is 3.57. The Labute approximate surface area is 181 Å². The lowest BCUT2D eigenvalue weighted by Gasteiger charge is -2.23. The van der Waals surface area contributed by atoms with Crippen LogP contribution in [0.5, 0.6) is 0 Å². The highest BCUT2D eigenvalue weighted by molar-refractivity contribution is 5.89. The molecule has 1 aromatic heterocycles. The van der Waals surface area contributed by atoms with Gasteiger partial charge < -0.3 is 24.8 Å². The zero-order chi connectivity index (χ0) is 24.0. The lowest BCUT2D eigenvalue weighted by molar-refractivity contribution is -0.144. The molecule has 0 radical (unpaired) electrons. The van der Waals surface area contributed by atoms with Crippen LogP contribution >= 0.6 is 0 Å². The summed E-state index contributed by atoms with van der Waals surface area (Å²) in [4.78, 5) is 52.8. The average molecular weight is 440 g/mol. The van der Waals surface area contributed by atoms with Crippen LogP contribution in [0.15, 0.2) is 12.5 Å². The molecule has 2 amide bonds. The summed E-state index contributed by atoms with van der Waals surface area (Å²) >= 11 is 0. The summed E-state index contributed by atoms with van der Waals surface area (Å²) in [5.41, 5.74) is -1.12. The predicted octanol–water partition coefficient (Wildman–Crippen LogP) is 1.78. The number of imidazole rings is 1. The first-order chi connectivity index (χ1) is 14.1. The summed E-state index contributed by atoms with van der Waals surface area (Å²) in [6.45, 7) is 11.7. The Balaban J connectivity index is 2.98. The van der Waals surface area contributed by atoms with Gasteiger partial charge in [-0.15, -0.1) is 0 Å². The van der Waals surface area contributed by atoms with E-state index < -0.39 is 47.3 Å². The van der Waals surface area contributed by atoms with E-state index in [1.807, 2.05) is 0 Å². The molecule has 0 aromatic carbocycles. The highest BCUT2D eigenvalue weighted by Crippen LogP contribution is 2.11. The molecule has 174 valence electrons. The van der Waals surface area contributed by atoms with Crippen LogP contribution in [0, 0.1) is 0 Å². The first-order valence-electron chi connectivity index (χ1n) is 9.75. The number of methoxy groups -OCH3 is 1. The van der Waals surface area contributed by atoms with Gasteiger partial charge in [-0.3, -0.25) is 4.79 Å². The molecule has 1 heterocycles. The molecule has 2 N–H and O–H groups in total. The van der Waals surface area contributed by atoms with E-state index in [4.69, 9.17) is 9.47 Å². The largest absolute Gasteiger partial charge is 0.467 e. The molecule has 11 nitrogen and oxygen atoms in total. The third kappa shape index (κ3) is 9.49. The van der Waals surface area contributed by atoms with E-state index in [0.29, 0.717) is 5.69 Å². The number of esters is 1. The van der Waals surface area contributed by atoms with Crippen LogP contribution in [0.4, 0.5) is 9.59 Å². The van der Waals surface area contributed by atoms with Gasteiger partial charge in [0.2, 0.25) is 5.91 Å². The van der Waals surface area contributed by atoms with Crippen molar-refractivity contribution in [2.75, 3.05) is 7.11 Å². The summed E-state index contributed by atoms with van der Waals surface area (Å²) in [6, 6.07) is -2.05. The topological polar surface area (TPSA) is 138 Å². The number of nitrogens with one attached hydrogen (secondary N) is 2. The molecule has 0 saturated carbocycles. The number of ether oxygens (including phenoxy) is 3. The minimum absolute atomic E-state index is 0.0607. The zero-order valence-electron chi connectivity index (χ0n) is 19.3. The molecule has 0 fully saturated rings. The van der Waals surface area contributed by atoms with Gasteiger partial charge in [-0.1, -0.05) is 0 Å². The van der Waals surface area contributed by atoms with Crippen molar-refractivity contribution in [3.8, 4) is 0 Å². The maximum Gasteiger partial charge on any atom is 0.419 e. The average Bonchev–Trinajstić information content (AvgIpc) is 3.06. The monoisotopic (exact) mass is 440 g/mol. The van der Waals surface area contributed by atoms with Crippen molar-refractivity contribution in [2.24, 2.45) is 0 Å². The number of hydrogen-bond donors (Lipinski definition) is 2. The molecule has 1 rings (SSSR count). The van der Waals surface area contributed by atoms with Crippen LogP contribution in [0.1, 0.15) is 54.2 Å². The van der Waals surface area contributed by atoms with Crippen molar-refractivity contribution >= 4 is 24.1 Å². The van der Waals surface area contributed by atoms with Gasteiger partial charge in [-0.2, -0.15) is 0 Å². The van der Waals surface area contributed by atoms with Crippen LogP contribution in [0.2, 0.25) is 0 Å². The molecule has 0 aliphatic heterocycles. The first kappa shape index (κ1) is 25.9. The molecule has 1 aromatic rings. The van der Waals surface area contributed by atoms with Gasteiger partial charge in [-0.25, -0.2) is 23.9 Å². The predicted molar refractivity (Wildman–Crippen MR) is 110 cm³/mol. The van der Waals surface area contributed by atoms with Gasteiger partial charge in [-0.05, 0) is 48.5 Å². The number of aromatic nitrogens is 2. The second-order valence-corrected chi connectivity index (χ2v) is 8.91. The van der Waals surface area contributed by atoms with Gasteiger partial charge in [0.1, 0.15) is 29.6 Å². The maximum absolute atomic E-state index is 12.7. The summed E-state index contributed by atoms with van der Waals surface area (Å²) in [7, 11) is 1.20.